The lowest BCUT2D eigenvalue weighted by Crippen LogP contribution is -2.03. The van der Waals surface area contributed by atoms with Crippen LogP contribution in [0.3, 0.4) is 0 Å². The summed E-state index contributed by atoms with van der Waals surface area (Å²) in [7, 11) is 1.97. The van der Waals surface area contributed by atoms with E-state index in [-0.39, 0.29) is 0 Å². The molecule has 2 heterocycles. The van der Waals surface area contributed by atoms with Crippen LogP contribution >= 0.6 is 0 Å². The first-order valence-corrected chi connectivity index (χ1v) is 7.24. The molecule has 0 amide bonds. The molecule has 4 nitrogen and oxygen atoms in total. The van der Waals surface area contributed by atoms with E-state index in [0.29, 0.717) is 5.92 Å². The molecule has 0 bridgehead atoms. The van der Waals surface area contributed by atoms with Crippen molar-refractivity contribution in [2.24, 2.45) is 7.05 Å². The normalized spacial score (nSPS) is 11.2. The summed E-state index contributed by atoms with van der Waals surface area (Å²) in [6.07, 6.45) is 5.82. The number of nitrogens with one attached hydrogen (secondary N) is 1. The van der Waals surface area contributed by atoms with Crippen LogP contribution in [0.2, 0.25) is 0 Å². The molecular weight excluding hydrogens is 260 g/mol. The Hall–Kier alpha value is -2.36. The van der Waals surface area contributed by atoms with Gasteiger partial charge in [-0.3, -0.25) is 9.67 Å². The van der Waals surface area contributed by atoms with E-state index in [2.05, 4.69) is 53.6 Å². The third-order valence-electron chi connectivity index (χ3n) is 3.63. The van der Waals surface area contributed by atoms with Crippen LogP contribution in [0.4, 0.5) is 5.69 Å². The molecule has 21 heavy (non-hydrogen) atoms. The summed E-state index contributed by atoms with van der Waals surface area (Å²) >= 11 is 0. The van der Waals surface area contributed by atoms with Gasteiger partial charge in [-0.25, -0.2) is 0 Å². The second-order valence-electron chi connectivity index (χ2n) is 5.62. The molecule has 2 aromatic heterocycles. The standard InChI is InChI=1S/C17H20N4/c1-12(2)17-14(11-21(3)20-17)10-19-16-6-4-5-13-9-18-8-7-15(13)16/h4-9,11-12,19H,10H2,1-3H3. The van der Waals surface area contributed by atoms with Crippen molar-refractivity contribution in [3.05, 3.63) is 54.1 Å². The summed E-state index contributed by atoms with van der Waals surface area (Å²) in [5.74, 6) is 0.430. The Balaban J connectivity index is 1.87. The van der Waals surface area contributed by atoms with Gasteiger partial charge < -0.3 is 5.32 Å². The van der Waals surface area contributed by atoms with E-state index in [1.165, 1.54) is 10.9 Å². The monoisotopic (exact) mass is 280 g/mol. The number of benzene rings is 1. The van der Waals surface area contributed by atoms with Crippen LogP contribution in [0.5, 0.6) is 0 Å². The molecule has 0 aliphatic carbocycles. The summed E-state index contributed by atoms with van der Waals surface area (Å²) in [6.45, 7) is 5.13. The van der Waals surface area contributed by atoms with Gasteiger partial charge in [-0.1, -0.05) is 26.0 Å². The fraction of sp³-hybridized carbons (Fsp3) is 0.294. The largest absolute Gasteiger partial charge is 0.380 e. The number of aromatic nitrogens is 3. The minimum absolute atomic E-state index is 0.430. The number of fused-ring (bicyclic) bond motifs is 1. The first kappa shape index (κ1) is 13.6. The first-order valence-electron chi connectivity index (χ1n) is 7.24. The second kappa shape index (κ2) is 5.56. The van der Waals surface area contributed by atoms with Gasteiger partial charge in [0.15, 0.2) is 0 Å². The summed E-state index contributed by atoms with van der Waals surface area (Å²) in [6, 6.07) is 8.29. The molecule has 0 radical (unpaired) electrons. The Kier molecular flexibility index (Phi) is 3.60. The highest BCUT2D eigenvalue weighted by molar-refractivity contribution is 5.93. The summed E-state index contributed by atoms with van der Waals surface area (Å²) in [5.41, 5.74) is 3.54. The van der Waals surface area contributed by atoms with Gasteiger partial charge in [0.05, 0.1) is 5.69 Å². The molecule has 3 aromatic rings. The Bertz CT molecular complexity index is 753. The van der Waals surface area contributed by atoms with E-state index in [1.807, 2.05) is 30.2 Å². The molecule has 0 saturated carbocycles. The lowest BCUT2D eigenvalue weighted by Gasteiger charge is -2.10. The predicted molar refractivity (Wildman–Crippen MR) is 86.4 cm³/mol. The molecule has 4 heteroatoms. The molecule has 0 atom stereocenters. The van der Waals surface area contributed by atoms with Crippen LogP contribution in [0.15, 0.2) is 42.9 Å². The Labute approximate surface area is 124 Å². The molecule has 0 aliphatic heterocycles. The fourth-order valence-electron chi connectivity index (χ4n) is 2.64. The molecule has 0 fully saturated rings. The minimum atomic E-state index is 0.430. The number of pyridine rings is 1. The van der Waals surface area contributed by atoms with Crippen molar-refractivity contribution < 1.29 is 0 Å². The van der Waals surface area contributed by atoms with E-state index in [9.17, 15) is 0 Å². The highest BCUT2D eigenvalue weighted by Crippen LogP contribution is 2.24. The average molecular weight is 280 g/mol. The Morgan fingerprint density at radius 2 is 2.10 bits per heavy atom. The molecule has 3 rings (SSSR count). The molecule has 108 valence electrons. The van der Waals surface area contributed by atoms with Crippen molar-refractivity contribution in [3.63, 3.8) is 0 Å². The van der Waals surface area contributed by atoms with E-state index >= 15 is 0 Å². The third-order valence-corrected chi connectivity index (χ3v) is 3.63. The van der Waals surface area contributed by atoms with Gasteiger partial charge in [0.1, 0.15) is 0 Å². The highest BCUT2D eigenvalue weighted by atomic mass is 15.3. The molecule has 0 aliphatic rings. The Morgan fingerprint density at radius 3 is 2.90 bits per heavy atom. The number of anilines is 1. The quantitative estimate of drug-likeness (QED) is 0.792. The second-order valence-corrected chi connectivity index (χ2v) is 5.62. The van der Waals surface area contributed by atoms with Crippen LogP contribution in [-0.4, -0.2) is 14.8 Å². The molecule has 0 unspecified atom stereocenters. The van der Waals surface area contributed by atoms with Crippen LogP contribution in [-0.2, 0) is 13.6 Å². The van der Waals surface area contributed by atoms with Crippen molar-refractivity contribution in [3.8, 4) is 0 Å². The smallest absolute Gasteiger partial charge is 0.0699 e. The SMILES string of the molecule is CC(C)c1nn(C)cc1CNc1cccc2cnccc12. The average Bonchev–Trinajstić information content (AvgIpc) is 2.86. The number of aryl methyl sites for hydroxylation is 1. The predicted octanol–water partition coefficient (Wildman–Crippen LogP) is 3.70. The van der Waals surface area contributed by atoms with Gasteiger partial charge in [-0.2, -0.15) is 5.10 Å². The molecule has 1 aromatic carbocycles. The molecular formula is C17H20N4. The van der Waals surface area contributed by atoms with Crippen molar-refractivity contribution in [2.75, 3.05) is 5.32 Å². The first-order chi connectivity index (χ1) is 10.1. The van der Waals surface area contributed by atoms with E-state index in [4.69, 9.17) is 0 Å². The van der Waals surface area contributed by atoms with Crippen LogP contribution in [0, 0.1) is 0 Å². The minimum Gasteiger partial charge on any atom is -0.380 e. The van der Waals surface area contributed by atoms with Gasteiger partial charge in [0.25, 0.3) is 0 Å². The van der Waals surface area contributed by atoms with Crippen LogP contribution in [0.1, 0.15) is 31.0 Å². The van der Waals surface area contributed by atoms with Gasteiger partial charge in [0, 0.05) is 54.2 Å². The zero-order valence-electron chi connectivity index (χ0n) is 12.7. The topological polar surface area (TPSA) is 42.7 Å². The van der Waals surface area contributed by atoms with E-state index in [0.717, 1.165) is 23.3 Å². The van der Waals surface area contributed by atoms with Crippen LogP contribution in [0.25, 0.3) is 10.8 Å². The molecule has 0 saturated heterocycles. The van der Waals surface area contributed by atoms with Gasteiger partial charge in [0.2, 0.25) is 0 Å². The molecule has 0 spiro atoms. The zero-order valence-corrected chi connectivity index (χ0v) is 12.7. The maximum atomic E-state index is 4.55. The number of hydrogen-bond acceptors (Lipinski definition) is 3. The number of nitrogens with zero attached hydrogens (tertiary/aromatic N) is 3. The van der Waals surface area contributed by atoms with E-state index in [1.54, 1.807) is 0 Å². The maximum Gasteiger partial charge on any atom is 0.0699 e. The number of rotatable bonds is 4. The summed E-state index contributed by atoms with van der Waals surface area (Å²) < 4.78 is 1.89. The van der Waals surface area contributed by atoms with Crippen molar-refractivity contribution >= 4 is 16.5 Å². The molecule has 1 N–H and O–H groups in total. The van der Waals surface area contributed by atoms with Crippen molar-refractivity contribution in [1.29, 1.82) is 0 Å². The lowest BCUT2D eigenvalue weighted by atomic mass is 10.1. The summed E-state index contributed by atoms with van der Waals surface area (Å²) in [5, 5.41) is 10.4. The fourth-order valence-corrected chi connectivity index (χ4v) is 2.64. The van der Waals surface area contributed by atoms with Crippen molar-refractivity contribution in [2.45, 2.75) is 26.3 Å². The lowest BCUT2D eigenvalue weighted by molar-refractivity contribution is 0.712. The third kappa shape index (κ3) is 2.75. The van der Waals surface area contributed by atoms with Crippen molar-refractivity contribution in [1.82, 2.24) is 14.8 Å². The summed E-state index contributed by atoms with van der Waals surface area (Å²) in [4.78, 5) is 4.17. The van der Waals surface area contributed by atoms with Crippen LogP contribution < -0.4 is 5.32 Å². The van der Waals surface area contributed by atoms with E-state index < -0.39 is 0 Å². The zero-order chi connectivity index (χ0) is 14.8. The van der Waals surface area contributed by atoms with Gasteiger partial charge in [-0.05, 0) is 18.1 Å². The Morgan fingerprint density at radius 1 is 1.24 bits per heavy atom. The number of hydrogen-bond donors (Lipinski definition) is 1. The van der Waals surface area contributed by atoms with Gasteiger partial charge >= 0.3 is 0 Å². The highest BCUT2D eigenvalue weighted by Gasteiger charge is 2.11. The maximum absolute atomic E-state index is 4.55. The van der Waals surface area contributed by atoms with Gasteiger partial charge in [-0.15, -0.1) is 0 Å².